The maximum atomic E-state index is 6.04. The Morgan fingerprint density at radius 2 is 2.12 bits per heavy atom. The number of nitrogens with one attached hydrogen (secondary N) is 1. The molecule has 2 nitrogen and oxygen atoms in total. The zero-order chi connectivity index (χ0) is 11.0. The fourth-order valence-corrected chi connectivity index (χ4v) is 2.90. The van der Waals surface area contributed by atoms with Crippen molar-refractivity contribution in [3.05, 3.63) is 34.9 Å². The third-order valence-electron chi connectivity index (χ3n) is 3.53. The summed E-state index contributed by atoms with van der Waals surface area (Å²) in [4.78, 5) is 0. The van der Waals surface area contributed by atoms with Gasteiger partial charge in [-0.25, -0.2) is 0 Å². The van der Waals surface area contributed by atoms with Gasteiger partial charge in [0.15, 0.2) is 0 Å². The van der Waals surface area contributed by atoms with Gasteiger partial charge in [0.2, 0.25) is 0 Å². The number of hydrogen-bond acceptors (Lipinski definition) is 2. The molecule has 3 heteroatoms. The highest BCUT2D eigenvalue weighted by molar-refractivity contribution is 6.30. The first-order valence-electron chi connectivity index (χ1n) is 6.00. The van der Waals surface area contributed by atoms with Crippen LogP contribution in [0.5, 0.6) is 0 Å². The van der Waals surface area contributed by atoms with E-state index in [0.29, 0.717) is 12.1 Å². The van der Waals surface area contributed by atoms with Gasteiger partial charge in [-0.3, -0.25) is 5.32 Å². The summed E-state index contributed by atoms with van der Waals surface area (Å²) < 4.78 is 6.04. The van der Waals surface area contributed by atoms with Gasteiger partial charge < -0.3 is 4.74 Å². The van der Waals surface area contributed by atoms with E-state index in [1.807, 2.05) is 18.2 Å². The summed E-state index contributed by atoms with van der Waals surface area (Å²) in [5, 5.41) is 4.33. The van der Waals surface area contributed by atoms with Crippen LogP contribution in [0.25, 0.3) is 0 Å². The van der Waals surface area contributed by atoms with E-state index in [2.05, 4.69) is 11.4 Å². The molecule has 1 saturated carbocycles. The van der Waals surface area contributed by atoms with Gasteiger partial charge in [-0.15, -0.1) is 0 Å². The van der Waals surface area contributed by atoms with Crippen LogP contribution < -0.4 is 5.32 Å². The summed E-state index contributed by atoms with van der Waals surface area (Å²) in [7, 11) is 0. The Bertz CT molecular complexity index is 368. The van der Waals surface area contributed by atoms with Crippen molar-refractivity contribution in [2.45, 2.75) is 44.1 Å². The SMILES string of the molecule is Clc1cccc([C@H]2N[C@H]3CCCC[C@H]3O2)c1. The van der Waals surface area contributed by atoms with Crippen LogP contribution in [0, 0.1) is 0 Å². The third-order valence-corrected chi connectivity index (χ3v) is 3.77. The summed E-state index contributed by atoms with van der Waals surface area (Å²) in [6.45, 7) is 0. The second-order valence-electron chi connectivity index (χ2n) is 4.67. The lowest BCUT2D eigenvalue weighted by atomic mass is 9.93. The molecule has 2 aliphatic rings. The maximum absolute atomic E-state index is 6.04. The molecule has 3 atom stereocenters. The Kier molecular flexibility index (Phi) is 2.88. The molecule has 16 heavy (non-hydrogen) atoms. The van der Waals surface area contributed by atoms with Crippen LogP contribution in [-0.4, -0.2) is 12.1 Å². The van der Waals surface area contributed by atoms with Crippen molar-refractivity contribution >= 4 is 11.6 Å². The number of hydrogen-bond donors (Lipinski definition) is 1. The molecule has 1 saturated heterocycles. The predicted octanol–water partition coefficient (Wildman–Crippen LogP) is 3.27. The lowest BCUT2D eigenvalue weighted by molar-refractivity contribution is 0.0246. The zero-order valence-corrected chi connectivity index (χ0v) is 9.91. The molecule has 1 aromatic carbocycles. The molecule has 1 N–H and O–H groups in total. The first kappa shape index (κ1) is 10.6. The smallest absolute Gasteiger partial charge is 0.135 e. The van der Waals surface area contributed by atoms with Crippen molar-refractivity contribution in [3.63, 3.8) is 0 Å². The Hall–Kier alpha value is -0.570. The number of fused-ring (bicyclic) bond motifs is 1. The second-order valence-corrected chi connectivity index (χ2v) is 5.10. The standard InChI is InChI=1S/C13H16ClNO/c14-10-5-3-4-9(8-10)13-15-11-6-1-2-7-12(11)16-13/h3-5,8,11-13,15H,1-2,6-7H2/t11-,12+,13-/m0/s1. The van der Waals surface area contributed by atoms with Gasteiger partial charge in [-0.1, -0.05) is 36.6 Å². The first-order chi connectivity index (χ1) is 7.83. The van der Waals surface area contributed by atoms with Crippen LogP contribution in [0.3, 0.4) is 0 Å². The molecule has 86 valence electrons. The minimum absolute atomic E-state index is 0.0341. The number of rotatable bonds is 1. The number of benzene rings is 1. The van der Waals surface area contributed by atoms with Crippen LogP contribution in [0.15, 0.2) is 24.3 Å². The molecule has 1 aliphatic heterocycles. The molecule has 0 bridgehead atoms. The fourth-order valence-electron chi connectivity index (χ4n) is 2.70. The number of ether oxygens (including phenoxy) is 1. The van der Waals surface area contributed by atoms with E-state index in [4.69, 9.17) is 16.3 Å². The Morgan fingerprint density at radius 1 is 1.25 bits per heavy atom. The van der Waals surface area contributed by atoms with Crippen molar-refractivity contribution in [1.82, 2.24) is 5.32 Å². The highest BCUT2D eigenvalue weighted by Gasteiger charge is 2.36. The Morgan fingerprint density at radius 3 is 2.94 bits per heavy atom. The number of halogens is 1. The summed E-state index contributed by atoms with van der Waals surface area (Å²) in [6.07, 6.45) is 5.48. The van der Waals surface area contributed by atoms with E-state index < -0.39 is 0 Å². The predicted molar refractivity (Wildman–Crippen MR) is 64.5 cm³/mol. The monoisotopic (exact) mass is 237 g/mol. The molecule has 0 amide bonds. The van der Waals surface area contributed by atoms with Crippen molar-refractivity contribution in [2.75, 3.05) is 0 Å². The van der Waals surface area contributed by atoms with Gasteiger partial charge in [0.05, 0.1) is 6.10 Å². The van der Waals surface area contributed by atoms with Gasteiger partial charge in [0.25, 0.3) is 0 Å². The van der Waals surface area contributed by atoms with E-state index in [1.54, 1.807) is 0 Å². The third kappa shape index (κ3) is 1.97. The normalized spacial score (nSPS) is 33.7. The molecular weight excluding hydrogens is 222 g/mol. The van der Waals surface area contributed by atoms with Crippen LogP contribution in [-0.2, 0) is 4.74 Å². The minimum atomic E-state index is 0.0341. The molecule has 2 fully saturated rings. The summed E-state index contributed by atoms with van der Waals surface area (Å²) in [5.74, 6) is 0. The topological polar surface area (TPSA) is 21.3 Å². The Labute approximate surface area is 101 Å². The Balaban J connectivity index is 1.77. The van der Waals surface area contributed by atoms with E-state index >= 15 is 0 Å². The highest BCUT2D eigenvalue weighted by Crippen LogP contribution is 2.33. The van der Waals surface area contributed by atoms with Crippen LogP contribution in [0.4, 0.5) is 0 Å². The molecule has 0 unspecified atom stereocenters. The lowest BCUT2D eigenvalue weighted by Crippen LogP contribution is -2.33. The van der Waals surface area contributed by atoms with Crippen LogP contribution in [0.2, 0.25) is 5.02 Å². The summed E-state index contributed by atoms with van der Waals surface area (Å²) >= 11 is 5.99. The van der Waals surface area contributed by atoms with Gasteiger partial charge in [0, 0.05) is 11.1 Å². The van der Waals surface area contributed by atoms with E-state index in [0.717, 1.165) is 10.6 Å². The van der Waals surface area contributed by atoms with Gasteiger partial charge in [-0.2, -0.15) is 0 Å². The molecule has 1 aliphatic carbocycles. The maximum Gasteiger partial charge on any atom is 0.135 e. The summed E-state index contributed by atoms with van der Waals surface area (Å²) in [6, 6.07) is 8.47. The average molecular weight is 238 g/mol. The van der Waals surface area contributed by atoms with Gasteiger partial charge in [-0.05, 0) is 30.5 Å². The quantitative estimate of drug-likeness (QED) is 0.810. The molecule has 3 rings (SSSR count). The van der Waals surface area contributed by atoms with Gasteiger partial charge >= 0.3 is 0 Å². The zero-order valence-electron chi connectivity index (χ0n) is 9.16. The second kappa shape index (κ2) is 4.36. The largest absolute Gasteiger partial charge is 0.354 e. The van der Waals surface area contributed by atoms with E-state index in [1.165, 1.54) is 25.7 Å². The molecule has 1 aromatic rings. The van der Waals surface area contributed by atoms with E-state index in [-0.39, 0.29) is 6.23 Å². The van der Waals surface area contributed by atoms with Crippen LogP contribution in [0.1, 0.15) is 37.5 Å². The molecule has 0 radical (unpaired) electrons. The van der Waals surface area contributed by atoms with Crippen molar-refractivity contribution in [2.24, 2.45) is 0 Å². The molecule has 1 heterocycles. The minimum Gasteiger partial charge on any atom is -0.354 e. The van der Waals surface area contributed by atoms with E-state index in [9.17, 15) is 0 Å². The molecular formula is C13H16ClNO. The molecule has 0 aromatic heterocycles. The van der Waals surface area contributed by atoms with Gasteiger partial charge in [0.1, 0.15) is 6.23 Å². The lowest BCUT2D eigenvalue weighted by Gasteiger charge is -2.22. The van der Waals surface area contributed by atoms with Crippen molar-refractivity contribution < 1.29 is 4.74 Å². The average Bonchev–Trinajstić information content (AvgIpc) is 2.72. The first-order valence-corrected chi connectivity index (χ1v) is 6.38. The summed E-state index contributed by atoms with van der Waals surface area (Å²) in [5.41, 5.74) is 1.14. The van der Waals surface area contributed by atoms with Crippen molar-refractivity contribution in [1.29, 1.82) is 0 Å². The molecule has 0 spiro atoms. The van der Waals surface area contributed by atoms with Crippen LogP contribution >= 0.6 is 11.6 Å². The highest BCUT2D eigenvalue weighted by atomic mass is 35.5. The van der Waals surface area contributed by atoms with Crippen molar-refractivity contribution in [3.8, 4) is 0 Å². The fraction of sp³-hybridized carbons (Fsp3) is 0.538.